The molecule has 0 spiro atoms. The molecule has 0 fully saturated rings. The second-order valence-electron chi connectivity index (χ2n) is 8.75. The third-order valence-corrected chi connectivity index (χ3v) is 7.20. The third kappa shape index (κ3) is 2.15. The van der Waals surface area contributed by atoms with Crippen molar-refractivity contribution < 1.29 is 9.59 Å². The van der Waals surface area contributed by atoms with Gasteiger partial charge in [-0.05, 0) is 47.7 Å². The molecule has 3 heteroatoms. The third-order valence-electron chi connectivity index (χ3n) is 7.20. The lowest BCUT2D eigenvalue weighted by Crippen LogP contribution is -2.17. The number of hydrogen-bond donors (Lipinski definition) is 0. The van der Waals surface area contributed by atoms with Gasteiger partial charge in [0.15, 0.2) is 5.78 Å². The molecule has 1 unspecified atom stereocenters. The quantitative estimate of drug-likeness (QED) is 0.307. The molecule has 4 aromatic carbocycles. The van der Waals surface area contributed by atoms with Gasteiger partial charge in [0, 0.05) is 33.4 Å². The van der Waals surface area contributed by atoms with Crippen molar-refractivity contribution in [2.24, 2.45) is 0 Å². The van der Waals surface area contributed by atoms with Crippen LogP contribution in [0.3, 0.4) is 0 Å². The van der Waals surface area contributed by atoms with Crippen molar-refractivity contribution in [3.63, 3.8) is 0 Å². The number of fused-ring (bicyclic) bond motifs is 6. The highest BCUT2D eigenvalue weighted by Gasteiger charge is 2.35. The van der Waals surface area contributed by atoms with Crippen LogP contribution >= 0.6 is 0 Å². The number of ketones is 1. The average Bonchev–Trinajstić information content (AvgIpc) is 3.12. The van der Waals surface area contributed by atoms with Gasteiger partial charge >= 0.3 is 0 Å². The van der Waals surface area contributed by atoms with Crippen LogP contribution in [0.4, 0.5) is 0 Å². The highest BCUT2D eigenvalue weighted by Crippen LogP contribution is 2.45. The molecule has 0 radical (unpaired) electrons. The molecule has 1 aliphatic carbocycles. The first-order valence-corrected chi connectivity index (χ1v) is 11.1. The predicted octanol–water partition coefficient (Wildman–Crippen LogP) is 6.11. The van der Waals surface area contributed by atoms with E-state index in [0.29, 0.717) is 5.56 Å². The summed E-state index contributed by atoms with van der Waals surface area (Å²) in [6.45, 7) is 0. The number of carbonyl (C=O) groups excluding carboxylic acids is 2. The van der Waals surface area contributed by atoms with Crippen molar-refractivity contribution in [3.05, 3.63) is 118 Å². The van der Waals surface area contributed by atoms with Crippen molar-refractivity contribution in [2.75, 3.05) is 0 Å². The highest BCUT2D eigenvalue weighted by molar-refractivity contribution is 6.21. The summed E-state index contributed by atoms with van der Waals surface area (Å²) in [5, 5.41) is 2.08. The minimum atomic E-state index is -0.0169. The summed E-state index contributed by atoms with van der Waals surface area (Å²) in [6, 6.07) is 27.9. The number of nitrogens with zero attached hydrogens (tertiary/aromatic N) is 1. The molecule has 7 rings (SSSR count). The van der Waals surface area contributed by atoms with E-state index in [4.69, 9.17) is 0 Å². The molecular formula is C29H19NO2. The zero-order valence-corrected chi connectivity index (χ0v) is 17.3. The smallest absolute Gasteiger partial charge is 0.263 e. The number of aromatic nitrogens is 1. The van der Waals surface area contributed by atoms with Crippen molar-refractivity contribution >= 4 is 33.5 Å². The Kier molecular flexibility index (Phi) is 3.46. The molecule has 2 aliphatic rings. The minimum Gasteiger partial charge on any atom is -0.289 e. The number of para-hydroxylation sites is 1. The number of hydrogen-bond acceptors (Lipinski definition) is 2. The molecule has 1 atom stereocenters. The summed E-state index contributed by atoms with van der Waals surface area (Å²) in [6.07, 6.45) is 1.65. The van der Waals surface area contributed by atoms with Crippen molar-refractivity contribution in [2.45, 2.75) is 18.8 Å². The fraction of sp³-hybridized carbons (Fsp3) is 0.103. The van der Waals surface area contributed by atoms with Crippen LogP contribution in [0.5, 0.6) is 0 Å². The highest BCUT2D eigenvalue weighted by atomic mass is 16.2. The first-order chi connectivity index (χ1) is 15.7. The van der Waals surface area contributed by atoms with Crippen LogP contribution < -0.4 is 0 Å². The topological polar surface area (TPSA) is 39.1 Å². The molecule has 152 valence electrons. The number of benzene rings is 4. The number of rotatable bonds is 0. The van der Waals surface area contributed by atoms with E-state index in [1.54, 1.807) is 0 Å². The normalized spacial score (nSPS) is 16.9. The molecule has 0 amide bonds. The number of aryl methyl sites for hydroxylation is 1. The molecule has 2 heterocycles. The van der Waals surface area contributed by atoms with Crippen LogP contribution in [0.15, 0.2) is 84.9 Å². The van der Waals surface area contributed by atoms with E-state index in [9.17, 15) is 9.59 Å². The van der Waals surface area contributed by atoms with Gasteiger partial charge in [-0.25, -0.2) is 0 Å². The van der Waals surface area contributed by atoms with Gasteiger partial charge in [0.2, 0.25) is 0 Å². The Morgan fingerprint density at radius 1 is 0.688 bits per heavy atom. The van der Waals surface area contributed by atoms with Gasteiger partial charge in [-0.2, -0.15) is 0 Å². The van der Waals surface area contributed by atoms with Crippen LogP contribution in [0.25, 0.3) is 21.8 Å². The number of carbonyl (C=O) groups is 2. The van der Waals surface area contributed by atoms with Crippen LogP contribution in [-0.2, 0) is 6.42 Å². The fourth-order valence-corrected chi connectivity index (χ4v) is 5.82. The van der Waals surface area contributed by atoms with Gasteiger partial charge in [0.25, 0.3) is 5.91 Å². The van der Waals surface area contributed by atoms with Crippen LogP contribution in [0.1, 0.15) is 55.3 Å². The average molecular weight is 413 g/mol. The lowest BCUT2D eigenvalue weighted by atomic mass is 9.77. The molecule has 0 saturated heterocycles. The van der Waals surface area contributed by atoms with E-state index in [0.717, 1.165) is 62.5 Å². The summed E-state index contributed by atoms with van der Waals surface area (Å²) < 4.78 is 1.85. The zero-order valence-electron chi connectivity index (χ0n) is 17.3. The molecule has 0 saturated carbocycles. The summed E-state index contributed by atoms with van der Waals surface area (Å²) in [5.74, 6) is 0.0134. The zero-order chi connectivity index (χ0) is 21.4. The maximum absolute atomic E-state index is 13.9. The van der Waals surface area contributed by atoms with Crippen molar-refractivity contribution in [3.8, 4) is 0 Å². The monoisotopic (exact) mass is 413 g/mol. The first-order valence-electron chi connectivity index (χ1n) is 11.1. The molecule has 5 aromatic rings. The second-order valence-corrected chi connectivity index (χ2v) is 8.75. The Balaban J connectivity index is 1.70. The van der Waals surface area contributed by atoms with Crippen LogP contribution in [-0.4, -0.2) is 16.3 Å². The molecular weight excluding hydrogens is 394 g/mol. The van der Waals surface area contributed by atoms with Crippen LogP contribution in [0, 0.1) is 0 Å². The largest absolute Gasteiger partial charge is 0.289 e. The molecule has 1 aromatic heterocycles. The molecule has 3 nitrogen and oxygen atoms in total. The van der Waals surface area contributed by atoms with E-state index in [1.807, 2.05) is 71.3 Å². The van der Waals surface area contributed by atoms with Gasteiger partial charge in [-0.3, -0.25) is 14.2 Å². The Morgan fingerprint density at radius 2 is 1.44 bits per heavy atom. The lowest BCUT2D eigenvalue weighted by Gasteiger charge is -2.25. The second kappa shape index (κ2) is 6.27. The lowest BCUT2D eigenvalue weighted by molar-refractivity contribution is 0.0968. The molecule has 0 N–H and O–H groups in total. The van der Waals surface area contributed by atoms with Gasteiger partial charge in [-0.15, -0.1) is 0 Å². The molecule has 0 bridgehead atoms. The Morgan fingerprint density at radius 3 is 2.34 bits per heavy atom. The van der Waals surface area contributed by atoms with E-state index in [-0.39, 0.29) is 17.6 Å². The van der Waals surface area contributed by atoms with Crippen LogP contribution in [0.2, 0.25) is 0 Å². The summed E-state index contributed by atoms with van der Waals surface area (Å²) in [4.78, 5) is 27.8. The predicted molar refractivity (Wildman–Crippen MR) is 126 cm³/mol. The van der Waals surface area contributed by atoms with Gasteiger partial charge in [0.05, 0.1) is 11.0 Å². The summed E-state index contributed by atoms with van der Waals surface area (Å²) in [7, 11) is 0. The van der Waals surface area contributed by atoms with Gasteiger partial charge in [-0.1, -0.05) is 66.7 Å². The van der Waals surface area contributed by atoms with E-state index >= 15 is 0 Å². The summed E-state index contributed by atoms with van der Waals surface area (Å²) in [5.41, 5.74) is 7.09. The van der Waals surface area contributed by atoms with E-state index in [2.05, 4.69) is 18.2 Å². The maximum Gasteiger partial charge on any atom is 0.263 e. The van der Waals surface area contributed by atoms with E-state index < -0.39 is 0 Å². The van der Waals surface area contributed by atoms with Crippen molar-refractivity contribution in [1.82, 2.24) is 4.57 Å². The standard InChI is InChI=1S/C29H19NO2/c31-28-18-8-2-1-7-17(18)13-14-21-19-9-3-4-11-23(19)29(32)30-25-12-6-5-10-20(25)22-15-16-24(28)26(21)27(22)30/h1-12,15-16,21H,13-14H2. The molecule has 1 aliphatic heterocycles. The summed E-state index contributed by atoms with van der Waals surface area (Å²) >= 11 is 0. The van der Waals surface area contributed by atoms with E-state index in [1.165, 1.54) is 0 Å². The SMILES string of the molecule is O=C1c2ccccc2CCC2c3ccccc3C(=O)n3c4ccccc4c4ccc1c2c43. The molecule has 32 heavy (non-hydrogen) atoms. The fourth-order valence-electron chi connectivity index (χ4n) is 5.82. The Bertz CT molecular complexity index is 1620. The van der Waals surface area contributed by atoms with Crippen molar-refractivity contribution in [1.29, 1.82) is 0 Å². The van der Waals surface area contributed by atoms with Gasteiger partial charge in [0.1, 0.15) is 0 Å². The first kappa shape index (κ1) is 17.7. The maximum atomic E-state index is 13.9. The Hall–Kier alpha value is -3.98. The Labute approximate surface area is 184 Å². The minimum absolute atomic E-state index is 0.0167. The van der Waals surface area contributed by atoms with Gasteiger partial charge < -0.3 is 0 Å².